The number of fused-ring (bicyclic) bond motifs is 20. The summed E-state index contributed by atoms with van der Waals surface area (Å²) in [6.45, 7) is 5.98. The molecule has 0 amide bonds. The van der Waals surface area contributed by atoms with Crippen LogP contribution in [0.15, 0.2) is 146 Å². The zero-order chi connectivity index (χ0) is 46.3. The van der Waals surface area contributed by atoms with Crippen LogP contribution in [0.1, 0.15) is 174 Å². The summed E-state index contributed by atoms with van der Waals surface area (Å²) in [5, 5.41) is 0. The van der Waals surface area contributed by atoms with E-state index < -0.39 is 0 Å². The summed E-state index contributed by atoms with van der Waals surface area (Å²) in [5.74, 6) is 16.8. The second kappa shape index (κ2) is 25.8. The smallest absolute Gasteiger partial charge is 0.00174 e. The van der Waals surface area contributed by atoms with Gasteiger partial charge >= 0.3 is 0 Å². The summed E-state index contributed by atoms with van der Waals surface area (Å²) in [7, 11) is 0. The Hall–Kier alpha value is -3.12. The first-order valence-corrected chi connectivity index (χ1v) is 29.6. The largest absolute Gasteiger partial charge is 0.103 e. The molecule has 0 heteroatoms. The van der Waals surface area contributed by atoms with E-state index in [1.165, 1.54) is 148 Å². The fraction of sp³-hybridized carbons (Fsp3) is 0.647. The SMILES string of the molecule is C/C=C1\CC2C=CC1C2.C1=CC2C3C=CC(C3)C2C1.C1=CC2CC1C1C3CCC(C3)C21.C1=CC2CCC1C2.C1=CCCC1.C1=CCCCCC=C1.C1=CCCCCCC1.C=CC1CC2C=CC1C2. The number of rotatable bonds is 1. The van der Waals surface area contributed by atoms with Crippen LogP contribution in [0.5, 0.6) is 0 Å². The van der Waals surface area contributed by atoms with Crippen LogP contribution in [-0.4, -0.2) is 0 Å². The van der Waals surface area contributed by atoms with E-state index in [1.807, 2.05) is 0 Å². The van der Waals surface area contributed by atoms with Gasteiger partial charge in [0.2, 0.25) is 0 Å². The molecular formula is C68H96. The van der Waals surface area contributed by atoms with E-state index in [0.717, 1.165) is 101 Å². The van der Waals surface area contributed by atoms with Crippen molar-refractivity contribution in [3.8, 4) is 0 Å². The van der Waals surface area contributed by atoms with E-state index in [1.54, 1.807) is 24.8 Å². The molecule has 12 bridgehead atoms. The topological polar surface area (TPSA) is 0 Å². The molecule has 0 saturated heterocycles. The van der Waals surface area contributed by atoms with Crippen molar-refractivity contribution in [2.45, 2.75) is 174 Å². The molecule has 0 aliphatic heterocycles. The van der Waals surface area contributed by atoms with Crippen LogP contribution >= 0.6 is 0 Å². The molecule has 0 heterocycles. The Balaban J connectivity index is 0.0000000981. The van der Waals surface area contributed by atoms with E-state index in [-0.39, 0.29) is 0 Å². The van der Waals surface area contributed by atoms with E-state index in [2.05, 4.69) is 147 Å². The molecule has 0 aromatic rings. The summed E-state index contributed by atoms with van der Waals surface area (Å²) in [6, 6.07) is 0. The first kappa shape index (κ1) is 49.8. The van der Waals surface area contributed by atoms with Crippen molar-refractivity contribution >= 4 is 0 Å². The molecule has 0 N–H and O–H groups in total. The highest BCUT2D eigenvalue weighted by Crippen LogP contribution is 2.65. The molecule has 0 radical (unpaired) electrons. The average Bonchev–Trinajstić information content (AvgIpc) is 4.18. The van der Waals surface area contributed by atoms with Gasteiger partial charge in [0.15, 0.2) is 0 Å². The standard InChI is InChI=1S/C12H16.C10H12.2C9H12.C8H14.C8H12.C7H10.C5H8/c1-2-8-5-7(1)11-9-3-4-10(6-9)12(8)11;1-2-9-7-4-5-8(6-7)10(9)3-1;2*1-2-8-5-7-3-4-9(8)6-7;2*1-2-4-6-8-7-5-3-1;1-2-7-4-3-6(1)5-7;1-2-4-5-3-1/h1-2,7-12H,3-6H2;1-2,4-5,7-10H,3,6H2;2-4,7,9H,5-6H2,1H3;2-4,7-9H,1,5-6H2;1-2H,3-8H2;1-4H,5-8H2;1-2,6-7H,3-5H2;1-2H,3-5H2/b;;8-2+;;;;;. The van der Waals surface area contributed by atoms with Crippen molar-refractivity contribution in [2.24, 2.45) is 101 Å². The molecule has 68 heavy (non-hydrogen) atoms. The van der Waals surface area contributed by atoms with Gasteiger partial charge in [-0.3, -0.25) is 0 Å². The van der Waals surface area contributed by atoms with Crippen LogP contribution in [0.25, 0.3) is 0 Å². The molecule has 0 aromatic heterocycles. The molecule has 17 unspecified atom stereocenters. The fourth-order valence-electron chi connectivity index (χ4n) is 16.3. The van der Waals surface area contributed by atoms with Gasteiger partial charge < -0.3 is 0 Å². The molecule has 16 rings (SSSR count). The van der Waals surface area contributed by atoms with Gasteiger partial charge in [0.1, 0.15) is 0 Å². The fourth-order valence-corrected chi connectivity index (χ4v) is 16.3. The number of hydrogen-bond acceptors (Lipinski definition) is 0. The van der Waals surface area contributed by atoms with E-state index in [0.29, 0.717) is 0 Å². The Labute approximate surface area is 418 Å². The van der Waals surface area contributed by atoms with Gasteiger partial charge in [0.25, 0.3) is 0 Å². The van der Waals surface area contributed by atoms with Crippen molar-refractivity contribution in [2.75, 3.05) is 0 Å². The minimum atomic E-state index is 0.806. The Kier molecular flexibility index (Phi) is 18.9. The molecular weight excluding hydrogens is 817 g/mol. The minimum absolute atomic E-state index is 0.806. The molecule has 0 spiro atoms. The highest BCUT2D eigenvalue weighted by atomic mass is 14.6. The average molecular weight is 914 g/mol. The molecule has 368 valence electrons. The monoisotopic (exact) mass is 913 g/mol. The minimum Gasteiger partial charge on any atom is -0.103 e. The molecule has 7 saturated carbocycles. The first-order chi connectivity index (χ1) is 33.6. The Morgan fingerprint density at radius 1 is 0.426 bits per heavy atom. The lowest BCUT2D eigenvalue weighted by molar-refractivity contribution is 0.206. The predicted octanol–water partition coefficient (Wildman–Crippen LogP) is 19.4. The summed E-state index contributed by atoms with van der Waals surface area (Å²) >= 11 is 0. The van der Waals surface area contributed by atoms with Gasteiger partial charge in [-0.15, -0.1) is 6.58 Å². The second-order valence-electron chi connectivity index (χ2n) is 24.2. The molecule has 16 aliphatic rings. The van der Waals surface area contributed by atoms with Gasteiger partial charge in [-0.05, 0) is 262 Å². The zero-order valence-electron chi connectivity index (χ0n) is 43.1. The predicted molar refractivity (Wildman–Crippen MR) is 295 cm³/mol. The quantitative estimate of drug-likeness (QED) is 0.182. The first-order valence-electron chi connectivity index (χ1n) is 29.6. The summed E-state index contributed by atoms with van der Waals surface area (Å²) in [6.07, 6.45) is 87.9. The maximum absolute atomic E-state index is 3.83. The number of allylic oxidation sites excluding steroid dienone is 23. The maximum atomic E-state index is 3.83. The summed E-state index contributed by atoms with van der Waals surface area (Å²) < 4.78 is 0. The Morgan fingerprint density at radius 3 is 1.44 bits per heavy atom. The van der Waals surface area contributed by atoms with Crippen LogP contribution < -0.4 is 0 Å². The van der Waals surface area contributed by atoms with Crippen LogP contribution in [0.2, 0.25) is 0 Å². The summed E-state index contributed by atoms with van der Waals surface area (Å²) in [5.41, 5.74) is 1.67. The zero-order valence-corrected chi connectivity index (χ0v) is 43.1. The van der Waals surface area contributed by atoms with E-state index in [4.69, 9.17) is 0 Å². The van der Waals surface area contributed by atoms with Crippen molar-refractivity contribution in [3.63, 3.8) is 0 Å². The van der Waals surface area contributed by atoms with Crippen LogP contribution in [0.3, 0.4) is 0 Å². The van der Waals surface area contributed by atoms with Crippen molar-refractivity contribution < 1.29 is 0 Å². The third kappa shape index (κ3) is 13.2. The lowest BCUT2D eigenvalue weighted by atomic mass is 9.73. The maximum Gasteiger partial charge on any atom is -0.00174 e. The van der Waals surface area contributed by atoms with Crippen molar-refractivity contribution in [1.29, 1.82) is 0 Å². The molecule has 0 aromatic carbocycles. The highest BCUT2D eigenvalue weighted by molar-refractivity contribution is 5.27. The molecule has 7 fully saturated rings. The lowest BCUT2D eigenvalue weighted by Gasteiger charge is -2.31. The van der Waals surface area contributed by atoms with Crippen molar-refractivity contribution in [3.05, 3.63) is 146 Å². The Bertz CT molecular complexity index is 1850. The van der Waals surface area contributed by atoms with E-state index in [9.17, 15) is 0 Å². The second-order valence-corrected chi connectivity index (χ2v) is 24.2. The van der Waals surface area contributed by atoms with Crippen LogP contribution in [0, 0.1) is 101 Å². The van der Waals surface area contributed by atoms with Gasteiger partial charge in [-0.25, -0.2) is 0 Å². The molecule has 17 atom stereocenters. The van der Waals surface area contributed by atoms with Gasteiger partial charge in [-0.2, -0.15) is 0 Å². The third-order valence-electron chi connectivity index (χ3n) is 19.9. The Morgan fingerprint density at radius 2 is 0.985 bits per heavy atom. The molecule has 16 aliphatic carbocycles. The van der Waals surface area contributed by atoms with Gasteiger partial charge in [0, 0.05) is 0 Å². The van der Waals surface area contributed by atoms with Gasteiger partial charge in [0.05, 0.1) is 0 Å². The van der Waals surface area contributed by atoms with Crippen LogP contribution in [0.4, 0.5) is 0 Å². The lowest BCUT2D eigenvalue weighted by Crippen LogP contribution is -2.25. The third-order valence-corrected chi connectivity index (χ3v) is 19.9. The number of hydrogen-bond donors (Lipinski definition) is 0. The van der Waals surface area contributed by atoms with Crippen molar-refractivity contribution in [1.82, 2.24) is 0 Å². The summed E-state index contributed by atoms with van der Waals surface area (Å²) in [4.78, 5) is 0. The normalized spacial score (nSPS) is 42.4. The van der Waals surface area contributed by atoms with Crippen LogP contribution in [-0.2, 0) is 0 Å². The highest BCUT2D eigenvalue weighted by Gasteiger charge is 2.57. The van der Waals surface area contributed by atoms with E-state index >= 15 is 0 Å². The molecule has 0 nitrogen and oxygen atoms in total. The van der Waals surface area contributed by atoms with Gasteiger partial charge in [-0.1, -0.05) is 152 Å².